The highest BCUT2D eigenvalue weighted by molar-refractivity contribution is 6.17. The quantitative estimate of drug-likeness (QED) is 0.859. The van der Waals surface area contributed by atoms with Gasteiger partial charge in [-0.2, -0.15) is 13.2 Å². The predicted octanol–water partition coefficient (Wildman–Crippen LogP) is 3.48. The van der Waals surface area contributed by atoms with Gasteiger partial charge in [-0.25, -0.2) is 0 Å². The lowest BCUT2D eigenvalue weighted by atomic mass is 10.1. The summed E-state index contributed by atoms with van der Waals surface area (Å²) in [5.41, 5.74) is -0.00136. The van der Waals surface area contributed by atoms with Crippen LogP contribution in [0.25, 0.3) is 0 Å². The molecule has 20 heavy (non-hydrogen) atoms. The van der Waals surface area contributed by atoms with Crippen molar-refractivity contribution in [2.75, 3.05) is 11.2 Å². The summed E-state index contributed by atoms with van der Waals surface area (Å²) >= 11 is 5.53. The molecule has 1 heterocycles. The monoisotopic (exact) mass is 305 g/mol. The first-order valence-electron chi connectivity index (χ1n) is 5.77. The molecule has 0 radical (unpaired) electrons. The van der Waals surface area contributed by atoms with Gasteiger partial charge in [-0.1, -0.05) is 17.2 Å². The minimum atomic E-state index is -4.32. The van der Waals surface area contributed by atoms with Crippen LogP contribution in [-0.4, -0.2) is 16.1 Å². The highest BCUT2D eigenvalue weighted by atomic mass is 35.5. The number of aromatic nitrogens is 2. The smallest absolute Gasteiger partial charge is 0.408 e. The molecule has 8 heteroatoms. The Labute approximate surface area is 118 Å². The third-order valence-electron chi connectivity index (χ3n) is 2.50. The van der Waals surface area contributed by atoms with E-state index in [-0.39, 0.29) is 6.01 Å². The van der Waals surface area contributed by atoms with E-state index in [1.165, 1.54) is 12.1 Å². The first-order valence-corrected chi connectivity index (χ1v) is 6.31. The summed E-state index contributed by atoms with van der Waals surface area (Å²) in [5.74, 6) is 0.787. The molecule has 108 valence electrons. The average Bonchev–Trinajstić information content (AvgIpc) is 2.84. The fourth-order valence-corrected chi connectivity index (χ4v) is 1.66. The van der Waals surface area contributed by atoms with Crippen molar-refractivity contribution >= 4 is 17.6 Å². The van der Waals surface area contributed by atoms with Crippen molar-refractivity contribution in [1.29, 1.82) is 0 Å². The second-order valence-electron chi connectivity index (χ2n) is 3.99. The van der Waals surface area contributed by atoms with Gasteiger partial charge >= 0.3 is 12.2 Å². The number of anilines is 1. The Morgan fingerprint density at radius 2 is 1.85 bits per heavy atom. The Bertz CT molecular complexity index is 554. The second-order valence-corrected chi connectivity index (χ2v) is 4.37. The van der Waals surface area contributed by atoms with Gasteiger partial charge in [-0.15, -0.1) is 16.7 Å². The molecule has 4 nitrogen and oxygen atoms in total. The van der Waals surface area contributed by atoms with E-state index in [2.05, 4.69) is 15.5 Å². The Hall–Kier alpha value is -1.76. The van der Waals surface area contributed by atoms with E-state index in [4.69, 9.17) is 16.0 Å². The molecule has 0 saturated carbocycles. The number of benzene rings is 1. The van der Waals surface area contributed by atoms with Crippen molar-refractivity contribution in [2.24, 2.45) is 0 Å². The van der Waals surface area contributed by atoms with Crippen molar-refractivity contribution in [3.63, 3.8) is 0 Å². The molecule has 0 aliphatic carbocycles. The molecule has 0 atom stereocenters. The molecule has 2 rings (SSSR count). The largest absolute Gasteiger partial charge is 0.416 e. The number of nitrogens with one attached hydrogen (secondary N) is 1. The van der Waals surface area contributed by atoms with E-state index < -0.39 is 11.7 Å². The average molecular weight is 306 g/mol. The standard InChI is InChI=1S/C12H11ClF3N3O/c13-6-5-10-18-19-11(20-10)17-7-8-1-3-9(4-2-8)12(14,15)16/h1-4H,5-7H2,(H,17,19). The van der Waals surface area contributed by atoms with Gasteiger partial charge in [0.1, 0.15) is 0 Å². The molecule has 1 N–H and O–H groups in total. The lowest BCUT2D eigenvalue weighted by Crippen LogP contribution is -2.05. The van der Waals surface area contributed by atoms with Gasteiger partial charge in [0, 0.05) is 18.8 Å². The summed E-state index contributed by atoms with van der Waals surface area (Å²) in [5, 5.41) is 10.3. The highest BCUT2D eigenvalue weighted by Crippen LogP contribution is 2.29. The number of hydrogen-bond donors (Lipinski definition) is 1. The van der Waals surface area contributed by atoms with Gasteiger partial charge in [0.2, 0.25) is 5.89 Å². The lowest BCUT2D eigenvalue weighted by Gasteiger charge is -2.07. The summed E-state index contributed by atoms with van der Waals surface area (Å²) in [7, 11) is 0. The van der Waals surface area contributed by atoms with Crippen LogP contribution < -0.4 is 5.32 Å². The van der Waals surface area contributed by atoms with Gasteiger partial charge in [0.05, 0.1) is 5.56 Å². The number of nitrogens with zero attached hydrogens (tertiary/aromatic N) is 2. The van der Waals surface area contributed by atoms with Gasteiger partial charge in [-0.05, 0) is 17.7 Å². The molecule has 0 unspecified atom stereocenters. The maximum absolute atomic E-state index is 12.4. The zero-order valence-electron chi connectivity index (χ0n) is 10.2. The van der Waals surface area contributed by atoms with Crippen molar-refractivity contribution < 1.29 is 17.6 Å². The Kier molecular flexibility index (Phi) is 4.49. The molecular weight excluding hydrogens is 295 g/mol. The van der Waals surface area contributed by atoms with Gasteiger partial charge in [0.15, 0.2) is 0 Å². The van der Waals surface area contributed by atoms with E-state index in [9.17, 15) is 13.2 Å². The molecule has 2 aromatic rings. The maximum Gasteiger partial charge on any atom is 0.416 e. The normalized spacial score (nSPS) is 11.6. The van der Waals surface area contributed by atoms with E-state index in [0.29, 0.717) is 30.3 Å². The highest BCUT2D eigenvalue weighted by Gasteiger charge is 2.29. The molecule has 1 aromatic heterocycles. The van der Waals surface area contributed by atoms with Crippen molar-refractivity contribution in [2.45, 2.75) is 19.1 Å². The van der Waals surface area contributed by atoms with Gasteiger partial charge in [0.25, 0.3) is 0 Å². The van der Waals surface area contributed by atoms with Gasteiger partial charge < -0.3 is 9.73 Å². The minimum Gasteiger partial charge on any atom is -0.408 e. The molecular formula is C12H11ClF3N3O. The number of alkyl halides is 4. The van der Waals surface area contributed by atoms with Crippen molar-refractivity contribution in [3.05, 3.63) is 41.3 Å². The predicted molar refractivity (Wildman–Crippen MR) is 67.5 cm³/mol. The zero-order chi connectivity index (χ0) is 14.6. The number of rotatable bonds is 5. The van der Waals surface area contributed by atoms with Crippen LogP contribution in [0.4, 0.5) is 19.2 Å². The van der Waals surface area contributed by atoms with Crippen LogP contribution in [0.3, 0.4) is 0 Å². The van der Waals surface area contributed by atoms with Crippen molar-refractivity contribution in [3.8, 4) is 0 Å². The van der Waals surface area contributed by atoms with Crippen LogP contribution in [0.5, 0.6) is 0 Å². The maximum atomic E-state index is 12.4. The summed E-state index contributed by atoms with van der Waals surface area (Å²) in [6.45, 7) is 0.292. The number of aryl methyl sites for hydroxylation is 1. The molecule has 0 spiro atoms. The summed E-state index contributed by atoms with van der Waals surface area (Å²) in [4.78, 5) is 0. The van der Waals surface area contributed by atoms with Crippen LogP contribution >= 0.6 is 11.6 Å². The zero-order valence-corrected chi connectivity index (χ0v) is 11.0. The first-order chi connectivity index (χ1) is 9.49. The van der Waals surface area contributed by atoms with Crippen LogP contribution in [-0.2, 0) is 19.1 Å². The van der Waals surface area contributed by atoms with E-state index in [0.717, 1.165) is 12.1 Å². The molecule has 0 amide bonds. The summed E-state index contributed by atoms with van der Waals surface area (Å²) in [6.07, 6.45) is -3.86. The Morgan fingerprint density at radius 1 is 1.15 bits per heavy atom. The van der Waals surface area contributed by atoms with Crippen molar-refractivity contribution in [1.82, 2.24) is 10.2 Å². The molecule has 1 aromatic carbocycles. The molecule has 0 aliphatic heterocycles. The first kappa shape index (κ1) is 14.6. The number of halogens is 4. The number of hydrogen-bond acceptors (Lipinski definition) is 4. The summed E-state index contributed by atoms with van der Waals surface area (Å²) in [6, 6.07) is 5.07. The molecule has 0 aliphatic rings. The lowest BCUT2D eigenvalue weighted by molar-refractivity contribution is -0.137. The van der Waals surface area contributed by atoms with Crippen LogP contribution in [0.1, 0.15) is 17.0 Å². The second kappa shape index (κ2) is 6.13. The minimum absolute atomic E-state index is 0.213. The van der Waals surface area contributed by atoms with E-state index in [1.54, 1.807) is 0 Å². The topological polar surface area (TPSA) is 51.0 Å². The van der Waals surface area contributed by atoms with Crippen LogP contribution in [0.15, 0.2) is 28.7 Å². The molecule has 0 bridgehead atoms. The Balaban J connectivity index is 1.93. The third kappa shape index (κ3) is 3.86. The van der Waals surface area contributed by atoms with E-state index >= 15 is 0 Å². The fourth-order valence-electron chi connectivity index (χ4n) is 1.50. The SMILES string of the molecule is FC(F)(F)c1ccc(CNc2nnc(CCCl)o2)cc1. The third-order valence-corrected chi connectivity index (χ3v) is 2.69. The van der Waals surface area contributed by atoms with Crippen LogP contribution in [0.2, 0.25) is 0 Å². The van der Waals surface area contributed by atoms with E-state index in [1.807, 2.05) is 0 Å². The Morgan fingerprint density at radius 3 is 2.45 bits per heavy atom. The summed E-state index contributed by atoms with van der Waals surface area (Å²) < 4.78 is 42.4. The molecule has 0 fully saturated rings. The molecule has 0 saturated heterocycles. The fraction of sp³-hybridized carbons (Fsp3) is 0.333. The van der Waals surface area contributed by atoms with Crippen LogP contribution in [0, 0.1) is 0 Å². The van der Waals surface area contributed by atoms with Gasteiger partial charge in [-0.3, -0.25) is 0 Å².